The van der Waals surface area contributed by atoms with Crippen molar-refractivity contribution in [3.8, 4) is 0 Å². The smallest absolute Gasteiger partial charge is 0.253 e. The number of carbonyl (C=O) groups is 1. The normalized spacial score (nSPS) is 16.2. The lowest BCUT2D eigenvalue weighted by atomic mass is 9.88. The molecule has 0 N–H and O–H groups in total. The lowest BCUT2D eigenvalue weighted by molar-refractivity contribution is -0.116. The fourth-order valence-corrected chi connectivity index (χ4v) is 1.90. The molecule has 3 heteroatoms. The van der Waals surface area contributed by atoms with Gasteiger partial charge in [0, 0.05) is 5.41 Å². The third-order valence-corrected chi connectivity index (χ3v) is 3.38. The molecule has 1 aliphatic heterocycles. The molecule has 0 bridgehead atoms. The van der Waals surface area contributed by atoms with Crippen molar-refractivity contribution in [1.82, 2.24) is 0 Å². The maximum absolute atomic E-state index is 12.0. The highest BCUT2D eigenvalue weighted by Gasteiger charge is 2.31. The van der Waals surface area contributed by atoms with Crippen LogP contribution in [-0.2, 0) is 4.79 Å². The van der Waals surface area contributed by atoms with Crippen LogP contribution in [-0.4, -0.2) is 11.6 Å². The first-order valence-corrected chi connectivity index (χ1v) is 6.27. The molecular formula is C15H20N2O. The minimum Gasteiger partial charge on any atom is -0.272 e. The van der Waals surface area contributed by atoms with Crippen molar-refractivity contribution >= 4 is 17.3 Å². The van der Waals surface area contributed by atoms with Crippen LogP contribution in [0.4, 0.5) is 5.69 Å². The molecule has 0 atom stereocenters. The number of anilines is 1. The van der Waals surface area contributed by atoms with E-state index in [4.69, 9.17) is 0 Å². The number of hydrogen-bond donors (Lipinski definition) is 0. The molecule has 3 nitrogen and oxygen atoms in total. The van der Waals surface area contributed by atoms with Crippen LogP contribution in [0.5, 0.6) is 0 Å². The van der Waals surface area contributed by atoms with Crippen molar-refractivity contribution in [2.75, 3.05) is 5.01 Å². The van der Waals surface area contributed by atoms with E-state index in [2.05, 4.69) is 32.8 Å². The highest BCUT2D eigenvalue weighted by Crippen LogP contribution is 2.28. The van der Waals surface area contributed by atoms with E-state index in [9.17, 15) is 4.79 Å². The van der Waals surface area contributed by atoms with E-state index in [1.165, 1.54) is 16.1 Å². The number of amides is 1. The maximum Gasteiger partial charge on any atom is 0.253 e. The maximum atomic E-state index is 12.0. The number of benzene rings is 1. The standard InChI is InChI=1S/C15H20N2O/c1-10-6-7-12(8-11(10)2)17-14(18)9-13(16-17)15(3,4)5/h6-8H,9H2,1-5H3. The monoisotopic (exact) mass is 244 g/mol. The summed E-state index contributed by atoms with van der Waals surface area (Å²) in [4.78, 5) is 12.0. The van der Waals surface area contributed by atoms with Crippen molar-refractivity contribution in [3.05, 3.63) is 29.3 Å². The van der Waals surface area contributed by atoms with Crippen molar-refractivity contribution in [2.45, 2.75) is 41.0 Å². The van der Waals surface area contributed by atoms with E-state index < -0.39 is 0 Å². The van der Waals surface area contributed by atoms with Gasteiger partial charge in [-0.2, -0.15) is 5.10 Å². The highest BCUT2D eigenvalue weighted by atomic mass is 16.2. The summed E-state index contributed by atoms with van der Waals surface area (Å²) < 4.78 is 0. The number of hydrazone groups is 1. The van der Waals surface area contributed by atoms with Crippen LogP contribution in [0.2, 0.25) is 0 Å². The molecule has 0 fully saturated rings. The van der Waals surface area contributed by atoms with Crippen molar-refractivity contribution < 1.29 is 4.79 Å². The van der Waals surface area contributed by atoms with Crippen LogP contribution in [0, 0.1) is 19.3 Å². The first-order chi connectivity index (χ1) is 8.29. The summed E-state index contributed by atoms with van der Waals surface area (Å²) in [6.07, 6.45) is 0.427. The summed E-state index contributed by atoms with van der Waals surface area (Å²) in [6, 6.07) is 6.00. The van der Waals surface area contributed by atoms with Gasteiger partial charge in [-0.3, -0.25) is 4.79 Å². The number of aryl methyl sites for hydroxylation is 2. The van der Waals surface area contributed by atoms with E-state index in [1.54, 1.807) is 0 Å². The minimum atomic E-state index is -0.0514. The average molecular weight is 244 g/mol. The Balaban J connectivity index is 2.36. The predicted octanol–water partition coefficient (Wildman–Crippen LogP) is 3.44. The molecule has 96 valence electrons. The number of nitrogens with zero attached hydrogens (tertiary/aromatic N) is 2. The van der Waals surface area contributed by atoms with Crippen molar-refractivity contribution in [2.24, 2.45) is 10.5 Å². The topological polar surface area (TPSA) is 32.7 Å². The van der Waals surface area contributed by atoms with Gasteiger partial charge < -0.3 is 0 Å². The van der Waals surface area contributed by atoms with Gasteiger partial charge in [0.05, 0.1) is 17.8 Å². The van der Waals surface area contributed by atoms with E-state index in [1.807, 2.05) is 25.1 Å². The second-order valence-corrected chi connectivity index (χ2v) is 5.95. The number of hydrogen-bond acceptors (Lipinski definition) is 2. The molecule has 1 aromatic carbocycles. The van der Waals surface area contributed by atoms with Crippen molar-refractivity contribution in [3.63, 3.8) is 0 Å². The lowest BCUT2D eigenvalue weighted by Crippen LogP contribution is -2.20. The lowest BCUT2D eigenvalue weighted by Gasteiger charge is -2.16. The van der Waals surface area contributed by atoms with Gasteiger partial charge in [0.15, 0.2) is 0 Å². The first-order valence-electron chi connectivity index (χ1n) is 6.27. The Labute approximate surface area is 108 Å². The molecule has 1 aliphatic rings. The molecule has 0 saturated carbocycles. The third-order valence-electron chi connectivity index (χ3n) is 3.38. The van der Waals surface area contributed by atoms with Crippen LogP contribution in [0.15, 0.2) is 23.3 Å². The zero-order valence-corrected chi connectivity index (χ0v) is 11.7. The molecule has 0 aromatic heterocycles. The second-order valence-electron chi connectivity index (χ2n) is 5.95. The highest BCUT2D eigenvalue weighted by molar-refractivity contribution is 6.14. The Morgan fingerprint density at radius 1 is 1.17 bits per heavy atom. The largest absolute Gasteiger partial charge is 0.272 e. The van der Waals surface area contributed by atoms with Gasteiger partial charge in [-0.05, 0) is 37.1 Å². The average Bonchev–Trinajstić information content (AvgIpc) is 2.64. The van der Waals surface area contributed by atoms with Crippen LogP contribution in [0.25, 0.3) is 0 Å². The van der Waals surface area contributed by atoms with Gasteiger partial charge in [-0.25, -0.2) is 5.01 Å². The summed E-state index contributed by atoms with van der Waals surface area (Å²) in [5.41, 5.74) is 4.17. The van der Waals surface area contributed by atoms with Crippen molar-refractivity contribution in [1.29, 1.82) is 0 Å². The van der Waals surface area contributed by atoms with Gasteiger partial charge in [-0.15, -0.1) is 0 Å². The number of rotatable bonds is 1. The molecule has 2 rings (SSSR count). The van der Waals surface area contributed by atoms with Crippen LogP contribution < -0.4 is 5.01 Å². The molecule has 1 amide bonds. The van der Waals surface area contributed by atoms with Crippen LogP contribution in [0.3, 0.4) is 0 Å². The minimum absolute atomic E-state index is 0.0514. The SMILES string of the molecule is Cc1ccc(N2N=C(C(C)(C)C)CC2=O)cc1C. The number of carbonyl (C=O) groups excluding carboxylic acids is 1. The van der Waals surface area contributed by atoms with Gasteiger partial charge in [0.25, 0.3) is 5.91 Å². The molecule has 1 heterocycles. The molecule has 0 aliphatic carbocycles. The molecule has 0 spiro atoms. The van der Waals surface area contributed by atoms with E-state index in [-0.39, 0.29) is 11.3 Å². The molecule has 0 radical (unpaired) electrons. The second kappa shape index (κ2) is 4.23. The Kier molecular flexibility index (Phi) is 3.01. The quantitative estimate of drug-likeness (QED) is 0.744. The van der Waals surface area contributed by atoms with Crippen LogP contribution in [0.1, 0.15) is 38.3 Å². The van der Waals surface area contributed by atoms with E-state index >= 15 is 0 Å². The predicted molar refractivity (Wildman–Crippen MR) is 74.9 cm³/mol. The zero-order chi connectivity index (χ0) is 13.5. The Bertz CT molecular complexity index is 524. The Hall–Kier alpha value is -1.64. The van der Waals surface area contributed by atoms with Gasteiger partial charge >= 0.3 is 0 Å². The molecule has 0 unspecified atom stereocenters. The molecule has 18 heavy (non-hydrogen) atoms. The summed E-state index contributed by atoms with van der Waals surface area (Å²) >= 11 is 0. The summed E-state index contributed by atoms with van der Waals surface area (Å²) in [6.45, 7) is 10.4. The molecule has 0 saturated heterocycles. The summed E-state index contributed by atoms with van der Waals surface area (Å²) in [7, 11) is 0. The van der Waals surface area contributed by atoms with E-state index in [0.717, 1.165) is 11.4 Å². The fourth-order valence-electron chi connectivity index (χ4n) is 1.90. The zero-order valence-electron chi connectivity index (χ0n) is 11.7. The van der Waals surface area contributed by atoms with Gasteiger partial charge in [0.1, 0.15) is 0 Å². The van der Waals surface area contributed by atoms with E-state index in [0.29, 0.717) is 6.42 Å². The third kappa shape index (κ3) is 2.30. The Morgan fingerprint density at radius 2 is 1.83 bits per heavy atom. The summed E-state index contributed by atoms with van der Waals surface area (Å²) in [5, 5.41) is 6.02. The fraction of sp³-hybridized carbons (Fsp3) is 0.467. The molecular weight excluding hydrogens is 224 g/mol. The Morgan fingerprint density at radius 3 is 2.33 bits per heavy atom. The van der Waals surface area contributed by atoms with Crippen LogP contribution >= 0.6 is 0 Å². The summed E-state index contributed by atoms with van der Waals surface area (Å²) in [5.74, 6) is 0.0585. The van der Waals surface area contributed by atoms with Gasteiger partial charge in [-0.1, -0.05) is 26.8 Å². The van der Waals surface area contributed by atoms with Gasteiger partial charge in [0.2, 0.25) is 0 Å². The molecule has 1 aromatic rings. The first kappa shape index (κ1) is 12.8.